The molecule has 15 heavy (non-hydrogen) atoms. The third-order valence-corrected chi connectivity index (χ3v) is 2.29. The van der Waals surface area contributed by atoms with E-state index in [1.807, 2.05) is 6.07 Å². The summed E-state index contributed by atoms with van der Waals surface area (Å²) in [5.74, 6) is 0.803. The normalized spacial score (nSPS) is 20.1. The van der Waals surface area contributed by atoms with Crippen molar-refractivity contribution in [3.05, 3.63) is 18.5 Å². The largest absolute Gasteiger partial charge is 0.339 e. The number of piperidine rings is 1. The van der Waals surface area contributed by atoms with Gasteiger partial charge in [-0.2, -0.15) is 0 Å². The number of nitrogens with two attached hydrogens (primary N) is 1. The molecule has 1 saturated heterocycles. The molecule has 0 aromatic carbocycles. The lowest BCUT2D eigenvalue weighted by molar-refractivity contribution is 0.500. The number of nitrogens with zero attached hydrogens (tertiary/aromatic N) is 3. The van der Waals surface area contributed by atoms with E-state index in [4.69, 9.17) is 5.73 Å². The van der Waals surface area contributed by atoms with Crippen LogP contribution < -0.4 is 10.6 Å². The molecule has 0 spiro atoms. The Kier molecular flexibility index (Phi) is 6.56. The number of hydrogen-bond donors (Lipinski definition) is 1. The van der Waals surface area contributed by atoms with Crippen LogP contribution in [0.25, 0.3) is 0 Å². The molecule has 1 aromatic rings. The highest BCUT2D eigenvalue weighted by atomic mass is 35.5. The maximum atomic E-state index is 5.87. The van der Waals surface area contributed by atoms with Gasteiger partial charge in [0.15, 0.2) is 0 Å². The van der Waals surface area contributed by atoms with Crippen molar-refractivity contribution in [3.63, 3.8) is 0 Å². The quantitative estimate of drug-likeness (QED) is 0.816. The summed E-state index contributed by atoms with van der Waals surface area (Å²) in [5, 5.41) is 0. The topological polar surface area (TPSA) is 55.0 Å². The highest BCUT2D eigenvalue weighted by Gasteiger charge is 2.17. The van der Waals surface area contributed by atoms with Crippen LogP contribution >= 0.6 is 24.8 Å². The summed E-state index contributed by atoms with van der Waals surface area (Å²) in [4.78, 5) is 10.5. The number of aromatic nitrogens is 2. The van der Waals surface area contributed by atoms with Gasteiger partial charge in [-0.1, -0.05) is 0 Å². The summed E-state index contributed by atoms with van der Waals surface area (Å²) in [6.45, 7) is 1.90. The minimum atomic E-state index is 0. The van der Waals surface area contributed by atoms with Gasteiger partial charge in [0.25, 0.3) is 0 Å². The minimum absolute atomic E-state index is 0. The molecule has 1 atom stereocenters. The summed E-state index contributed by atoms with van der Waals surface area (Å²) in [5.41, 5.74) is 5.87. The fourth-order valence-electron chi connectivity index (χ4n) is 1.65. The standard InChI is InChI=1S/C9H14N4.2ClH/c10-8-3-1-6-13(7-8)9-11-4-2-5-12-9;;/h2,4-5,8H,1,3,6-7,10H2;2*1H. The van der Waals surface area contributed by atoms with Crippen molar-refractivity contribution in [2.45, 2.75) is 18.9 Å². The van der Waals surface area contributed by atoms with Gasteiger partial charge >= 0.3 is 0 Å². The summed E-state index contributed by atoms with van der Waals surface area (Å²) < 4.78 is 0. The van der Waals surface area contributed by atoms with Crippen molar-refractivity contribution in [3.8, 4) is 0 Å². The van der Waals surface area contributed by atoms with E-state index in [0.717, 1.165) is 31.9 Å². The van der Waals surface area contributed by atoms with Gasteiger partial charge in [-0.15, -0.1) is 24.8 Å². The molecule has 1 unspecified atom stereocenters. The number of rotatable bonds is 1. The van der Waals surface area contributed by atoms with E-state index in [2.05, 4.69) is 14.9 Å². The molecule has 0 aliphatic carbocycles. The van der Waals surface area contributed by atoms with Crippen LogP contribution in [0, 0.1) is 0 Å². The summed E-state index contributed by atoms with van der Waals surface area (Å²) in [6.07, 6.45) is 5.79. The molecule has 0 radical (unpaired) electrons. The molecule has 86 valence electrons. The molecule has 6 heteroatoms. The average molecular weight is 251 g/mol. The Morgan fingerprint density at radius 3 is 2.53 bits per heavy atom. The molecule has 4 nitrogen and oxygen atoms in total. The first kappa shape index (κ1) is 14.4. The van der Waals surface area contributed by atoms with Crippen molar-refractivity contribution < 1.29 is 0 Å². The zero-order chi connectivity index (χ0) is 9.10. The van der Waals surface area contributed by atoms with Crippen LogP contribution in [-0.2, 0) is 0 Å². The summed E-state index contributed by atoms with van der Waals surface area (Å²) in [6, 6.07) is 2.10. The number of halogens is 2. The average Bonchev–Trinajstić information content (AvgIpc) is 2.19. The van der Waals surface area contributed by atoms with Gasteiger partial charge in [0.2, 0.25) is 5.95 Å². The predicted molar refractivity (Wildman–Crippen MR) is 66.0 cm³/mol. The number of anilines is 1. The Balaban J connectivity index is 0.000000980. The molecule has 1 aliphatic rings. The van der Waals surface area contributed by atoms with Gasteiger partial charge in [-0.3, -0.25) is 0 Å². The first-order valence-electron chi connectivity index (χ1n) is 4.64. The molecule has 0 amide bonds. The molecule has 1 aromatic heterocycles. The second-order valence-electron chi connectivity index (χ2n) is 3.40. The monoisotopic (exact) mass is 250 g/mol. The lowest BCUT2D eigenvalue weighted by Gasteiger charge is -2.30. The molecule has 1 aliphatic heterocycles. The van der Waals surface area contributed by atoms with Crippen LogP contribution in [-0.4, -0.2) is 29.1 Å². The van der Waals surface area contributed by atoms with Crippen LogP contribution in [0.15, 0.2) is 18.5 Å². The van der Waals surface area contributed by atoms with Gasteiger partial charge in [-0.25, -0.2) is 9.97 Å². The SMILES string of the molecule is Cl.Cl.NC1CCCN(c2ncccn2)C1. The van der Waals surface area contributed by atoms with Crippen LogP contribution in [0.3, 0.4) is 0 Å². The first-order chi connectivity index (χ1) is 6.36. The first-order valence-corrected chi connectivity index (χ1v) is 4.64. The zero-order valence-corrected chi connectivity index (χ0v) is 10.0. The Labute approximate surface area is 102 Å². The third-order valence-electron chi connectivity index (χ3n) is 2.29. The summed E-state index contributed by atoms with van der Waals surface area (Å²) in [7, 11) is 0. The molecule has 0 bridgehead atoms. The van der Waals surface area contributed by atoms with Crippen molar-refractivity contribution in [2.24, 2.45) is 5.73 Å². The van der Waals surface area contributed by atoms with Gasteiger partial charge in [0.05, 0.1) is 0 Å². The Morgan fingerprint density at radius 1 is 1.27 bits per heavy atom. The van der Waals surface area contributed by atoms with Crippen molar-refractivity contribution in [1.29, 1.82) is 0 Å². The molecular formula is C9H16Cl2N4. The second kappa shape index (κ2) is 6.82. The highest BCUT2D eigenvalue weighted by Crippen LogP contribution is 2.13. The van der Waals surface area contributed by atoms with Gasteiger partial charge in [0, 0.05) is 31.5 Å². The van der Waals surface area contributed by atoms with E-state index in [1.165, 1.54) is 0 Å². The Morgan fingerprint density at radius 2 is 1.93 bits per heavy atom. The van der Waals surface area contributed by atoms with Gasteiger partial charge in [-0.05, 0) is 18.9 Å². The zero-order valence-electron chi connectivity index (χ0n) is 8.37. The lowest BCUT2D eigenvalue weighted by atomic mass is 10.1. The van der Waals surface area contributed by atoms with Gasteiger partial charge in [0.1, 0.15) is 0 Å². The third kappa shape index (κ3) is 3.81. The minimum Gasteiger partial charge on any atom is -0.339 e. The van der Waals surface area contributed by atoms with Gasteiger partial charge < -0.3 is 10.6 Å². The maximum Gasteiger partial charge on any atom is 0.225 e. The molecular weight excluding hydrogens is 235 g/mol. The summed E-state index contributed by atoms with van der Waals surface area (Å²) >= 11 is 0. The van der Waals surface area contributed by atoms with Crippen molar-refractivity contribution in [1.82, 2.24) is 9.97 Å². The molecule has 2 N–H and O–H groups in total. The van der Waals surface area contributed by atoms with E-state index in [0.29, 0.717) is 0 Å². The molecule has 2 heterocycles. The molecule has 2 rings (SSSR count). The fraction of sp³-hybridized carbons (Fsp3) is 0.556. The van der Waals surface area contributed by atoms with Crippen LogP contribution in [0.1, 0.15) is 12.8 Å². The van der Waals surface area contributed by atoms with E-state index >= 15 is 0 Å². The second-order valence-corrected chi connectivity index (χ2v) is 3.40. The molecule has 0 saturated carbocycles. The smallest absolute Gasteiger partial charge is 0.225 e. The fourth-order valence-corrected chi connectivity index (χ4v) is 1.65. The maximum absolute atomic E-state index is 5.87. The van der Waals surface area contributed by atoms with E-state index < -0.39 is 0 Å². The Bertz CT molecular complexity index is 270. The van der Waals surface area contributed by atoms with Crippen LogP contribution in [0.4, 0.5) is 5.95 Å². The highest BCUT2D eigenvalue weighted by molar-refractivity contribution is 5.85. The van der Waals surface area contributed by atoms with Crippen molar-refractivity contribution >= 4 is 30.8 Å². The van der Waals surface area contributed by atoms with Crippen molar-refractivity contribution in [2.75, 3.05) is 18.0 Å². The van der Waals surface area contributed by atoms with E-state index in [9.17, 15) is 0 Å². The lowest BCUT2D eigenvalue weighted by Crippen LogP contribution is -2.43. The van der Waals surface area contributed by atoms with Crippen LogP contribution in [0.5, 0.6) is 0 Å². The predicted octanol–water partition coefficient (Wildman–Crippen LogP) is 1.25. The van der Waals surface area contributed by atoms with E-state index in [1.54, 1.807) is 12.4 Å². The molecule has 1 fully saturated rings. The van der Waals surface area contributed by atoms with E-state index in [-0.39, 0.29) is 30.9 Å². The number of hydrogen-bond acceptors (Lipinski definition) is 4. The Hall–Kier alpha value is -0.580. The van der Waals surface area contributed by atoms with Crippen LogP contribution in [0.2, 0.25) is 0 Å².